The first kappa shape index (κ1) is 22.3. The maximum atomic E-state index is 13.5. The normalized spacial score (nSPS) is 15.0. The van der Waals surface area contributed by atoms with E-state index in [-0.39, 0.29) is 28.8 Å². The third kappa shape index (κ3) is 5.30. The molecule has 1 unspecified atom stereocenters. The van der Waals surface area contributed by atoms with E-state index < -0.39 is 0 Å². The quantitative estimate of drug-likeness (QED) is 0.483. The minimum Gasteiger partial charge on any atom is -0.352 e. The molecule has 166 valence electrons. The van der Waals surface area contributed by atoms with Crippen LogP contribution in [0.15, 0.2) is 53.7 Å². The van der Waals surface area contributed by atoms with E-state index in [0.29, 0.717) is 34.1 Å². The van der Waals surface area contributed by atoms with Crippen molar-refractivity contribution in [2.24, 2.45) is 0 Å². The van der Waals surface area contributed by atoms with Crippen molar-refractivity contribution >= 4 is 17.7 Å². The Bertz CT molecular complexity index is 1070. The minimum absolute atomic E-state index is 0.0149. The lowest BCUT2D eigenvalue weighted by Gasteiger charge is -2.18. The molecule has 0 bridgehead atoms. The third-order valence-electron chi connectivity index (χ3n) is 5.52. The lowest BCUT2D eigenvalue weighted by molar-refractivity contribution is -0.121. The Hall–Kier alpha value is -2.87. The van der Waals surface area contributed by atoms with E-state index in [1.54, 1.807) is 24.3 Å². The molecule has 1 saturated carbocycles. The van der Waals surface area contributed by atoms with Gasteiger partial charge in [-0.3, -0.25) is 4.79 Å². The van der Waals surface area contributed by atoms with E-state index in [1.807, 2.05) is 6.92 Å². The Morgan fingerprint density at radius 2 is 1.53 bits per heavy atom. The fourth-order valence-electron chi connectivity index (χ4n) is 3.79. The number of amides is 1. The molecule has 8 heteroatoms. The molecule has 1 heterocycles. The maximum Gasteiger partial charge on any atom is 0.233 e. The topological polar surface area (TPSA) is 67.8 Å². The van der Waals surface area contributed by atoms with Gasteiger partial charge in [0.25, 0.3) is 0 Å². The molecule has 32 heavy (non-hydrogen) atoms. The van der Waals surface area contributed by atoms with Crippen LogP contribution in [0, 0.1) is 11.6 Å². The summed E-state index contributed by atoms with van der Waals surface area (Å²) in [6.07, 6.45) is 4.96. The molecule has 1 fully saturated rings. The molecule has 5 nitrogen and oxygen atoms in total. The monoisotopic (exact) mass is 454 g/mol. The molecular formula is C24H24F2N4OS. The fourth-order valence-corrected chi connectivity index (χ4v) is 4.61. The van der Waals surface area contributed by atoms with Crippen molar-refractivity contribution in [1.82, 2.24) is 20.5 Å². The van der Waals surface area contributed by atoms with E-state index >= 15 is 0 Å². The predicted octanol–water partition coefficient (Wildman–Crippen LogP) is 5.41. The van der Waals surface area contributed by atoms with Gasteiger partial charge in [0.05, 0.1) is 5.25 Å². The molecule has 1 aliphatic rings. The molecule has 0 radical (unpaired) electrons. The van der Waals surface area contributed by atoms with Crippen molar-refractivity contribution in [3.8, 4) is 22.5 Å². The third-order valence-corrected chi connectivity index (χ3v) is 6.73. The average Bonchev–Trinajstić information content (AvgIpc) is 3.31. The zero-order valence-corrected chi connectivity index (χ0v) is 18.5. The number of carbonyl (C=O) groups is 1. The van der Waals surface area contributed by atoms with Gasteiger partial charge in [0.1, 0.15) is 23.0 Å². The van der Waals surface area contributed by atoms with Crippen LogP contribution in [0.4, 0.5) is 8.78 Å². The Kier molecular flexibility index (Phi) is 7.09. The maximum absolute atomic E-state index is 13.5. The van der Waals surface area contributed by atoms with Crippen molar-refractivity contribution in [3.63, 3.8) is 0 Å². The summed E-state index contributed by atoms with van der Waals surface area (Å²) in [6.45, 7) is 1.95. The molecule has 0 aliphatic heterocycles. The number of carbonyl (C=O) groups excluding carboxylic acids is 1. The van der Waals surface area contributed by atoms with E-state index in [2.05, 4.69) is 20.5 Å². The zero-order valence-electron chi connectivity index (χ0n) is 17.7. The largest absolute Gasteiger partial charge is 0.352 e. The van der Waals surface area contributed by atoms with Crippen LogP contribution in [-0.2, 0) is 4.79 Å². The smallest absolute Gasteiger partial charge is 0.233 e. The van der Waals surface area contributed by atoms with Gasteiger partial charge in [-0.2, -0.15) is 0 Å². The van der Waals surface area contributed by atoms with E-state index in [9.17, 15) is 13.6 Å². The first-order chi connectivity index (χ1) is 15.5. The summed E-state index contributed by atoms with van der Waals surface area (Å²) >= 11 is 1.27. The number of aromatic nitrogens is 3. The van der Waals surface area contributed by atoms with Crippen LogP contribution in [0.25, 0.3) is 22.5 Å². The van der Waals surface area contributed by atoms with Gasteiger partial charge in [-0.15, -0.1) is 10.2 Å². The molecular weight excluding hydrogens is 430 g/mol. The highest BCUT2D eigenvalue weighted by Crippen LogP contribution is 2.32. The van der Waals surface area contributed by atoms with Gasteiger partial charge in [-0.05, 0) is 67.8 Å². The van der Waals surface area contributed by atoms with Crippen molar-refractivity contribution in [3.05, 3.63) is 60.2 Å². The van der Waals surface area contributed by atoms with Crippen molar-refractivity contribution < 1.29 is 13.6 Å². The van der Waals surface area contributed by atoms with Gasteiger partial charge in [-0.25, -0.2) is 13.8 Å². The van der Waals surface area contributed by atoms with Crippen molar-refractivity contribution in [1.29, 1.82) is 0 Å². The first-order valence-electron chi connectivity index (χ1n) is 10.8. The van der Waals surface area contributed by atoms with Crippen LogP contribution >= 0.6 is 11.8 Å². The van der Waals surface area contributed by atoms with Crippen molar-refractivity contribution in [2.75, 3.05) is 0 Å². The van der Waals surface area contributed by atoms with E-state index in [4.69, 9.17) is 0 Å². The Labute approximate surface area is 190 Å². The molecule has 1 N–H and O–H groups in total. The highest BCUT2D eigenvalue weighted by molar-refractivity contribution is 8.00. The highest BCUT2D eigenvalue weighted by atomic mass is 32.2. The number of benzene rings is 2. The van der Waals surface area contributed by atoms with Gasteiger partial charge in [0.15, 0.2) is 0 Å². The molecule has 1 aliphatic carbocycles. The number of rotatable bonds is 7. The van der Waals surface area contributed by atoms with Crippen LogP contribution in [0.3, 0.4) is 0 Å². The van der Waals surface area contributed by atoms with Gasteiger partial charge in [0.2, 0.25) is 11.1 Å². The van der Waals surface area contributed by atoms with Crippen molar-refractivity contribution in [2.45, 2.75) is 55.5 Å². The predicted molar refractivity (Wildman–Crippen MR) is 121 cm³/mol. The molecule has 0 spiro atoms. The molecule has 2 aromatic carbocycles. The second kappa shape index (κ2) is 10.2. The lowest BCUT2D eigenvalue weighted by atomic mass is 10.0. The fraction of sp³-hybridized carbons (Fsp3) is 0.333. The standard InChI is InChI=1S/C24H24F2N4OS/c1-2-20(23(31)27-19-5-3-4-6-19)32-24-28-21(15-7-11-17(25)12-8-15)22(29-30-24)16-9-13-18(26)14-10-16/h7-14,19-20H,2-6H2,1H3,(H,27,31). The molecule has 0 saturated heterocycles. The lowest BCUT2D eigenvalue weighted by Crippen LogP contribution is -2.38. The van der Waals surface area contributed by atoms with Gasteiger partial charge >= 0.3 is 0 Å². The summed E-state index contributed by atoms with van der Waals surface area (Å²) in [5.74, 6) is -0.730. The molecule has 1 atom stereocenters. The molecule has 4 rings (SSSR count). The van der Waals surface area contributed by atoms with Crippen LogP contribution in [-0.4, -0.2) is 32.4 Å². The van der Waals surface area contributed by atoms with Gasteiger partial charge in [-0.1, -0.05) is 31.5 Å². The summed E-state index contributed by atoms with van der Waals surface area (Å²) in [5.41, 5.74) is 2.27. The molecule has 1 amide bonds. The molecule has 1 aromatic heterocycles. The average molecular weight is 455 g/mol. The van der Waals surface area contributed by atoms with E-state index in [0.717, 1.165) is 25.7 Å². The number of nitrogens with zero attached hydrogens (tertiary/aromatic N) is 3. The number of thioether (sulfide) groups is 1. The summed E-state index contributed by atoms with van der Waals surface area (Å²) in [5, 5.41) is 11.7. The highest BCUT2D eigenvalue weighted by Gasteiger charge is 2.25. The Balaban J connectivity index is 1.64. The van der Waals surface area contributed by atoms with Crippen LogP contribution < -0.4 is 5.32 Å². The minimum atomic E-state index is -0.358. The zero-order chi connectivity index (χ0) is 22.5. The second-order valence-corrected chi connectivity index (χ2v) is 8.98. The van der Waals surface area contributed by atoms with Crippen LogP contribution in [0.2, 0.25) is 0 Å². The summed E-state index contributed by atoms with van der Waals surface area (Å²) in [4.78, 5) is 17.4. The van der Waals surface area contributed by atoms with Gasteiger partial charge in [0, 0.05) is 17.2 Å². The molecule has 3 aromatic rings. The van der Waals surface area contributed by atoms with Gasteiger partial charge < -0.3 is 5.32 Å². The number of hydrogen-bond donors (Lipinski definition) is 1. The van der Waals surface area contributed by atoms with E-state index in [1.165, 1.54) is 36.0 Å². The number of nitrogens with one attached hydrogen (secondary N) is 1. The SMILES string of the molecule is CCC(Sc1nnc(-c2ccc(F)cc2)c(-c2ccc(F)cc2)n1)C(=O)NC1CCCC1. The number of halogens is 2. The Morgan fingerprint density at radius 3 is 2.09 bits per heavy atom. The van der Waals surface area contributed by atoms with Crippen LogP contribution in [0.1, 0.15) is 39.0 Å². The Morgan fingerprint density at radius 1 is 0.969 bits per heavy atom. The second-order valence-electron chi connectivity index (χ2n) is 7.81. The van der Waals surface area contributed by atoms with Crippen LogP contribution in [0.5, 0.6) is 0 Å². The summed E-state index contributed by atoms with van der Waals surface area (Å²) < 4.78 is 26.9. The summed E-state index contributed by atoms with van der Waals surface area (Å²) in [6, 6.07) is 12.1. The summed E-state index contributed by atoms with van der Waals surface area (Å²) in [7, 11) is 0. The first-order valence-corrected chi connectivity index (χ1v) is 11.6. The number of hydrogen-bond acceptors (Lipinski definition) is 5.